The SMILES string of the molecule is Cc1cc([N+](=O)[O-])c(OC(C)C)cc1-c1cc[n+](Cc2ccccc2)cc1.[Br-]. The van der Waals surface area contributed by atoms with Crippen LogP contribution in [0.4, 0.5) is 5.69 Å². The highest BCUT2D eigenvalue weighted by atomic mass is 79.9. The lowest BCUT2D eigenvalue weighted by Gasteiger charge is -2.13. The molecular formula is C22H23BrN2O3. The quantitative estimate of drug-likeness (QED) is 0.331. The maximum Gasteiger partial charge on any atom is 0.311 e. The normalized spacial score (nSPS) is 10.4. The molecule has 0 N–H and O–H groups in total. The Kier molecular flexibility index (Phi) is 7.29. The number of nitrogens with zero attached hydrogens (tertiary/aromatic N) is 2. The van der Waals surface area contributed by atoms with E-state index < -0.39 is 4.92 Å². The summed E-state index contributed by atoms with van der Waals surface area (Å²) in [5.41, 5.74) is 4.01. The van der Waals surface area contributed by atoms with Crippen LogP contribution in [0.2, 0.25) is 0 Å². The fraction of sp³-hybridized carbons (Fsp3) is 0.227. The van der Waals surface area contributed by atoms with Crippen LogP contribution in [0.15, 0.2) is 67.0 Å². The highest BCUT2D eigenvalue weighted by Gasteiger charge is 2.20. The molecule has 0 atom stereocenters. The highest BCUT2D eigenvalue weighted by molar-refractivity contribution is 5.71. The Labute approximate surface area is 175 Å². The molecule has 6 heteroatoms. The van der Waals surface area contributed by atoms with Crippen LogP contribution in [-0.4, -0.2) is 11.0 Å². The smallest absolute Gasteiger partial charge is 0.311 e. The van der Waals surface area contributed by atoms with Crippen molar-refractivity contribution in [2.75, 3.05) is 0 Å². The third kappa shape index (κ3) is 5.16. The number of benzene rings is 2. The van der Waals surface area contributed by atoms with E-state index in [1.165, 1.54) is 5.56 Å². The Hall–Kier alpha value is -2.73. The highest BCUT2D eigenvalue weighted by Crippen LogP contribution is 2.35. The molecule has 5 nitrogen and oxygen atoms in total. The second kappa shape index (κ2) is 9.46. The van der Waals surface area contributed by atoms with Crippen LogP contribution in [0.1, 0.15) is 25.0 Å². The van der Waals surface area contributed by atoms with Crippen molar-refractivity contribution in [2.45, 2.75) is 33.4 Å². The Bertz CT molecular complexity index is 942. The Morgan fingerprint density at radius 2 is 1.71 bits per heavy atom. The van der Waals surface area contributed by atoms with Crippen molar-refractivity contribution in [3.63, 3.8) is 0 Å². The van der Waals surface area contributed by atoms with Gasteiger partial charge in [-0.15, -0.1) is 0 Å². The van der Waals surface area contributed by atoms with Crippen LogP contribution in [0.25, 0.3) is 11.1 Å². The average Bonchev–Trinajstić information content (AvgIpc) is 2.64. The molecule has 0 aliphatic carbocycles. The Morgan fingerprint density at radius 3 is 2.29 bits per heavy atom. The van der Waals surface area contributed by atoms with Crippen molar-refractivity contribution in [3.05, 3.63) is 88.2 Å². The average molecular weight is 443 g/mol. The Morgan fingerprint density at radius 1 is 1.07 bits per heavy atom. The molecule has 146 valence electrons. The lowest BCUT2D eigenvalue weighted by atomic mass is 10.00. The number of nitro benzene ring substituents is 1. The molecular weight excluding hydrogens is 420 g/mol. The number of aromatic nitrogens is 1. The van der Waals surface area contributed by atoms with Gasteiger partial charge in [-0.05, 0) is 43.5 Å². The van der Waals surface area contributed by atoms with E-state index in [2.05, 4.69) is 16.7 Å². The zero-order valence-corrected chi connectivity index (χ0v) is 17.7. The van der Waals surface area contributed by atoms with E-state index in [1.54, 1.807) is 12.1 Å². The van der Waals surface area contributed by atoms with Crippen molar-refractivity contribution < 1.29 is 31.2 Å². The van der Waals surface area contributed by atoms with E-state index in [9.17, 15) is 10.1 Å². The van der Waals surface area contributed by atoms with E-state index >= 15 is 0 Å². The number of hydrogen-bond donors (Lipinski definition) is 0. The van der Waals surface area contributed by atoms with Gasteiger partial charge in [0.2, 0.25) is 0 Å². The first kappa shape index (κ1) is 21.6. The van der Waals surface area contributed by atoms with Crippen molar-refractivity contribution in [3.8, 4) is 16.9 Å². The molecule has 1 heterocycles. The van der Waals surface area contributed by atoms with Crippen molar-refractivity contribution in [1.82, 2.24) is 0 Å². The molecule has 2 aromatic carbocycles. The summed E-state index contributed by atoms with van der Waals surface area (Å²) in [5, 5.41) is 11.3. The van der Waals surface area contributed by atoms with E-state index in [4.69, 9.17) is 4.74 Å². The molecule has 0 unspecified atom stereocenters. The summed E-state index contributed by atoms with van der Waals surface area (Å²) in [6, 6.07) is 17.6. The van der Waals surface area contributed by atoms with Crippen LogP contribution in [0, 0.1) is 17.0 Å². The summed E-state index contributed by atoms with van der Waals surface area (Å²) >= 11 is 0. The number of halogens is 1. The van der Waals surface area contributed by atoms with Crippen LogP contribution in [0.3, 0.4) is 0 Å². The Balaban J connectivity index is 0.00000280. The maximum absolute atomic E-state index is 11.3. The topological polar surface area (TPSA) is 56.3 Å². The molecule has 0 fully saturated rings. The van der Waals surface area contributed by atoms with Crippen molar-refractivity contribution in [1.29, 1.82) is 0 Å². The van der Waals surface area contributed by atoms with Crippen LogP contribution < -0.4 is 26.3 Å². The second-order valence-electron chi connectivity index (χ2n) is 6.80. The number of hydrogen-bond acceptors (Lipinski definition) is 3. The molecule has 0 spiro atoms. The van der Waals surface area contributed by atoms with Gasteiger partial charge in [0.1, 0.15) is 0 Å². The fourth-order valence-corrected chi connectivity index (χ4v) is 3.01. The van der Waals surface area contributed by atoms with Crippen molar-refractivity contribution >= 4 is 5.69 Å². The summed E-state index contributed by atoms with van der Waals surface area (Å²) in [6.07, 6.45) is 3.90. The second-order valence-corrected chi connectivity index (χ2v) is 6.80. The molecule has 0 amide bonds. The molecule has 0 saturated carbocycles. The number of aryl methyl sites for hydroxylation is 1. The van der Waals surface area contributed by atoms with Gasteiger partial charge in [-0.1, -0.05) is 30.3 Å². The lowest BCUT2D eigenvalue weighted by Crippen LogP contribution is -3.00. The summed E-state index contributed by atoms with van der Waals surface area (Å²) in [7, 11) is 0. The summed E-state index contributed by atoms with van der Waals surface area (Å²) in [5.74, 6) is 0.302. The predicted octanol–water partition coefficient (Wildman–Crippen LogP) is 1.70. The van der Waals surface area contributed by atoms with Gasteiger partial charge >= 0.3 is 5.69 Å². The molecule has 0 radical (unpaired) electrons. The molecule has 0 aliphatic rings. The third-order valence-corrected chi connectivity index (χ3v) is 4.28. The largest absolute Gasteiger partial charge is 1.00 e. The van der Waals surface area contributed by atoms with Crippen LogP contribution in [0.5, 0.6) is 5.75 Å². The van der Waals surface area contributed by atoms with Gasteiger partial charge in [0, 0.05) is 23.8 Å². The fourth-order valence-electron chi connectivity index (χ4n) is 3.01. The molecule has 3 rings (SSSR count). The minimum Gasteiger partial charge on any atom is -1.00 e. The minimum atomic E-state index is -0.396. The first-order valence-electron chi connectivity index (χ1n) is 8.93. The monoisotopic (exact) mass is 442 g/mol. The zero-order valence-electron chi connectivity index (χ0n) is 16.1. The number of ether oxygens (including phenoxy) is 1. The molecule has 3 aromatic rings. The summed E-state index contributed by atoms with van der Waals surface area (Å²) in [4.78, 5) is 10.9. The first-order chi connectivity index (χ1) is 12.9. The summed E-state index contributed by atoms with van der Waals surface area (Å²) < 4.78 is 7.78. The van der Waals surface area contributed by atoms with Gasteiger partial charge in [0.05, 0.1) is 11.0 Å². The van der Waals surface area contributed by atoms with Crippen LogP contribution in [-0.2, 0) is 6.54 Å². The van der Waals surface area contributed by atoms with E-state index in [0.717, 1.165) is 23.2 Å². The number of nitro groups is 1. The van der Waals surface area contributed by atoms with E-state index in [0.29, 0.717) is 5.75 Å². The molecule has 1 aromatic heterocycles. The molecule has 28 heavy (non-hydrogen) atoms. The van der Waals surface area contributed by atoms with E-state index in [-0.39, 0.29) is 28.8 Å². The number of pyridine rings is 1. The first-order valence-corrected chi connectivity index (χ1v) is 8.93. The standard InChI is InChI=1S/C22H23N2O3.BrH/c1-16(2)27-22-14-20(17(3)13-21(22)24(25)26)19-9-11-23(12-10-19)15-18-7-5-4-6-8-18;/h4-14,16H,15H2,1-3H3;1H/q+1;/p-1. The maximum atomic E-state index is 11.3. The summed E-state index contributed by atoms with van der Waals surface area (Å²) in [6.45, 7) is 6.39. The van der Waals surface area contributed by atoms with Gasteiger partial charge in [-0.25, -0.2) is 4.57 Å². The van der Waals surface area contributed by atoms with Gasteiger partial charge in [0.15, 0.2) is 24.7 Å². The van der Waals surface area contributed by atoms with Crippen molar-refractivity contribution in [2.24, 2.45) is 0 Å². The third-order valence-electron chi connectivity index (χ3n) is 4.28. The molecule has 0 bridgehead atoms. The van der Waals surface area contributed by atoms with Gasteiger partial charge < -0.3 is 21.7 Å². The lowest BCUT2D eigenvalue weighted by molar-refractivity contribution is -0.688. The number of rotatable bonds is 6. The van der Waals surface area contributed by atoms with Gasteiger partial charge in [0.25, 0.3) is 0 Å². The minimum absolute atomic E-state index is 0. The molecule has 0 saturated heterocycles. The van der Waals surface area contributed by atoms with E-state index in [1.807, 2.05) is 63.5 Å². The zero-order chi connectivity index (χ0) is 19.4. The van der Waals surface area contributed by atoms with Gasteiger partial charge in [-0.3, -0.25) is 10.1 Å². The van der Waals surface area contributed by atoms with Gasteiger partial charge in [-0.2, -0.15) is 0 Å². The predicted molar refractivity (Wildman–Crippen MR) is 105 cm³/mol. The van der Waals surface area contributed by atoms with Crippen LogP contribution >= 0.6 is 0 Å². The molecule has 0 aliphatic heterocycles.